The Balaban J connectivity index is 1.27. The van der Waals surface area contributed by atoms with E-state index in [2.05, 4.69) is 36.6 Å². The molecule has 3 N–H and O–H groups in total. The van der Waals surface area contributed by atoms with Gasteiger partial charge in [0, 0.05) is 24.8 Å². The zero-order valence-electron chi connectivity index (χ0n) is 15.6. The molecule has 0 amide bonds. The van der Waals surface area contributed by atoms with Crippen molar-refractivity contribution in [2.24, 2.45) is 5.92 Å². The van der Waals surface area contributed by atoms with Crippen molar-refractivity contribution in [2.75, 3.05) is 23.7 Å². The molecule has 5 rings (SSSR count). The first-order valence-corrected chi connectivity index (χ1v) is 9.83. The average Bonchev–Trinajstić information content (AvgIpc) is 3.29. The fourth-order valence-corrected chi connectivity index (χ4v) is 4.67. The number of aliphatic hydroxyl groups excluding tert-OH is 1. The summed E-state index contributed by atoms with van der Waals surface area (Å²) in [6, 6.07) is 10.2. The normalized spacial score (nSPS) is 20.0. The van der Waals surface area contributed by atoms with Crippen LogP contribution in [0.1, 0.15) is 30.9 Å². The minimum atomic E-state index is -0.428. The Kier molecular flexibility index (Phi) is 4.24. The van der Waals surface area contributed by atoms with Crippen LogP contribution in [0.15, 0.2) is 49.1 Å². The van der Waals surface area contributed by atoms with Crippen LogP contribution in [0, 0.1) is 5.92 Å². The third-order valence-corrected chi connectivity index (χ3v) is 6.06. The molecule has 3 aromatic rings. The monoisotopic (exact) mass is 376 g/mol. The van der Waals surface area contributed by atoms with Crippen molar-refractivity contribution in [1.82, 2.24) is 19.5 Å². The van der Waals surface area contributed by atoms with Crippen molar-refractivity contribution in [3.8, 4) is 11.3 Å². The summed E-state index contributed by atoms with van der Waals surface area (Å²) in [5, 5.41) is 11.1. The van der Waals surface area contributed by atoms with Gasteiger partial charge in [-0.15, -0.1) is 0 Å². The van der Waals surface area contributed by atoms with Crippen molar-refractivity contribution in [1.29, 1.82) is 0 Å². The fourth-order valence-electron chi connectivity index (χ4n) is 4.67. The van der Waals surface area contributed by atoms with E-state index in [-0.39, 0.29) is 6.04 Å². The van der Waals surface area contributed by atoms with E-state index in [0.717, 1.165) is 43.9 Å². The van der Waals surface area contributed by atoms with Gasteiger partial charge in [-0.05, 0) is 36.8 Å². The van der Waals surface area contributed by atoms with Crippen LogP contribution in [0.5, 0.6) is 0 Å². The lowest BCUT2D eigenvalue weighted by molar-refractivity contribution is 0.0991. The van der Waals surface area contributed by atoms with Gasteiger partial charge in [-0.1, -0.05) is 24.3 Å². The molecule has 2 aliphatic rings. The van der Waals surface area contributed by atoms with Gasteiger partial charge < -0.3 is 20.3 Å². The summed E-state index contributed by atoms with van der Waals surface area (Å²) in [5.74, 6) is 1.69. The van der Waals surface area contributed by atoms with Crippen LogP contribution < -0.4 is 10.6 Å². The minimum absolute atomic E-state index is 0.0478. The lowest BCUT2D eigenvalue weighted by atomic mass is 9.87. The lowest BCUT2D eigenvalue weighted by Crippen LogP contribution is -2.36. The Labute approximate surface area is 163 Å². The van der Waals surface area contributed by atoms with Gasteiger partial charge >= 0.3 is 0 Å². The summed E-state index contributed by atoms with van der Waals surface area (Å²) >= 11 is 0. The van der Waals surface area contributed by atoms with Crippen molar-refractivity contribution >= 4 is 11.8 Å². The first kappa shape index (κ1) is 17.2. The van der Waals surface area contributed by atoms with Crippen LogP contribution in [-0.2, 0) is 0 Å². The van der Waals surface area contributed by atoms with E-state index >= 15 is 0 Å². The van der Waals surface area contributed by atoms with Crippen LogP contribution >= 0.6 is 0 Å². The lowest BCUT2D eigenvalue weighted by Gasteiger charge is -2.34. The predicted molar refractivity (Wildman–Crippen MR) is 108 cm³/mol. The van der Waals surface area contributed by atoms with E-state index < -0.39 is 6.10 Å². The van der Waals surface area contributed by atoms with Crippen LogP contribution in [0.2, 0.25) is 0 Å². The Morgan fingerprint density at radius 1 is 1.18 bits per heavy atom. The first-order chi connectivity index (χ1) is 13.7. The second kappa shape index (κ2) is 6.91. The Morgan fingerprint density at radius 3 is 2.82 bits per heavy atom. The standard InChI is InChI=1S/C21H24N6O/c22-21-24-8-5-19(25-21)26-9-6-14(7-10-26)11-18(28)20-16-4-2-1-3-15(16)17-12-23-13-27(17)20/h1-5,8,12-14,18,20,28H,6-7,9-11H2,(H2,22,24,25). The molecule has 2 aliphatic heterocycles. The maximum atomic E-state index is 11.1. The molecule has 0 aliphatic carbocycles. The van der Waals surface area contributed by atoms with Gasteiger partial charge in [0.2, 0.25) is 5.95 Å². The summed E-state index contributed by atoms with van der Waals surface area (Å²) < 4.78 is 2.12. The smallest absolute Gasteiger partial charge is 0.221 e. The molecule has 7 nitrogen and oxygen atoms in total. The quantitative estimate of drug-likeness (QED) is 0.727. The number of hydrogen-bond donors (Lipinski definition) is 2. The Morgan fingerprint density at radius 2 is 2.00 bits per heavy atom. The fraction of sp³-hybridized carbons (Fsp3) is 0.381. The van der Waals surface area contributed by atoms with Gasteiger partial charge in [0.15, 0.2) is 0 Å². The molecule has 144 valence electrons. The largest absolute Gasteiger partial charge is 0.391 e. The SMILES string of the molecule is Nc1nccc(N2CCC(CC(O)C3c4ccccc4-c4cncn43)CC2)n1. The number of piperidine rings is 1. The molecule has 7 heteroatoms. The molecule has 2 atom stereocenters. The number of nitrogen functional groups attached to an aromatic ring is 1. The summed E-state index contributed by atoms with van der Waals surface area (Å²) in [6.07, 6.45) is 7.85. The van der Waals surface area contributed by atoms with Gasteiger partial charge in [0.05, 0.1) is 30.4 Å². The summed E-state index contributed by atoms with van der Waals surface area (Å²) in [6.45, 7) is 1.84. The third kappa shape index (κ3) is 2.92. The van der Waals surface area contributed by atoms with Crippen molar-refractivity contribution < 1.29 is 5.11 Å². The van der Waals surface area contributed by atoms with Crippen molar-refractivity contribution in [2.45, 2.75) is 31.4 Å². The van der Waals surface area contributed by atoms with Gasteiger partial charge in [0.25, 0.3) is 0 Å². The molecule has 0 saturated carbocycles. The number of hydrogen-bond acceptors (Lipinski definition) is 6. The molecule has 1 aromatic carbocycles. The number of benzene rings is 1. The van der Waals surface area contributed by atoms with E-state index in [0.29, 0.717) is 11.9 Å². The molecule has 0 bridgehead atoms. The first-order valence-electron chi connectivity index (χ1n) is 9.83. The highest BCUT2D eigenvalue weighted by molar-refractivity contribution is 5.69. The van der Waals surface area contributed by atoms with E-state index in [1.54, 1.807) is 6.20 Å². The molecule has 1 fully saturated rings. The predicted octanol–water partition coefficient (Wildman–Crippen LogP) is 2.49. The van der Waals surface area contributed by atoms with Gasteiger partial charge in [-0.25, -0.2) is 9.97 Å². The van der Waals surface area contributed by atoms with E-state index in [9.17, 15) is 5.11 Å². The van der Waals surface area contributed by atoms with Gasteiger partial charge in [-0.2, -0.15) is 4.98 Å². The van der Waals surface area contributed by atoms with E-state index in [4.69, 9.17) is 5.73 Å². The highest BCUT2D eigenvalue weighted by atomic mass is 16.3. The zero-order valence-corrected chi connectivity index (χ0v) is 15.6. The molecule has 4 heterocycles. The average molecular weight is 376 g/mol. The van der Waals surface area contributed by atoms with Gasteiger partial charge in [-0.3, -0.25) is 0 Å². The van der Waals surface area contributed by atoms with E-state index in [1.807, 2.05) is 30.7 Å². The molecular weight excluding hydrogens is 352 g/mol. The zero-order chi connectivity index (χ0) is 19.1. The third-order valence-electron chi connectivity index (χ3n) is 6.06. The number of nitrogens with two attached hydrogens (primary N) is 1. The van der Waals surface area contributed by atoms with Gasteiger partial charge in [0.1, 0.15) is 5.82 Å². The number of nitrogens with zero attached hydrogens (tertiary/aromatic N) is 5. The molecule has 0 spiro atoms. The molecule has 0 radical (unpaired) electrons. The minimum Gasteiger partial charge on any atom is -0.391 e. The summed E-state index contributed by atoms with van der Waals surface area (Å²) in [4.78, 5) is 14.8. The van der Waals surface area contributed by atoms with Crippen molar-refractivity contribution in [3.05, 3.63) is 54.6 Å². The molecule has 28 heavy (non-hydrogen) atoms. The highest BCUT2D eigenvalue weighted by Crippen LogP contribution is 2.42. The summed E-state index contributed by atoms with van der Waals surface area (Å²) in [5.41, 5.74) is 9.18. The Bertz CT molecular complexity index is 978. The number of fused-ring (bicyclic) bond motifs is 3. The highest BCUT2D eigenvalue weighted by Gasteiger charge is 2.35. The van der Waals surface area contributed by atoms with Crippen molar-refractivity contribution in [3.63, 3.8) is 0 Å². The van der Waals surface area contributed by atoms with Crippen LogP contribution in [0.25, 0.3) is 11.3 Å². The van der Waals surface area contributed by atoms with Crippen LogP contribution in [0.4, 0.5) is 11.8 Å². The summed E-state index contributed by atoms with van der Waals surface area (Å²) in [7, 11) is 0. The van der Waals surface area contributed by atoms with Crippen LogP contribution in [-0.4, -0.2) is 43.8 Å². The number of aliphatic hydroxyl groups is 1. The number of aromatic nitrogens is 4. The second-order valence-corrected chi connectivity index (χ2v) is 7.72. The maximum absolute atomic E-state index is 11.1. The second-order valence-electron chi connectivity index (χ2n) is 7.72. The number of rotatable bonds is 4. The van der Waals surface area contributed by atoms with E-state index in [1.165, 1.54) is 11.1 Å². The maximum Gasteiger partial charge on any atom is 0.221 e. The number of anilines is 2. The molecular formula is C21H24N6O. The number of imidazole rings is 1. The molecule has 2 aromatic heterocycles. The van der Waals surface area contributed by atoms with Crippen LogP contribution in [0.3, 0.4) is 0 Å². The Hall–Kier alpha value is -2.93. The molecule has 1 saturated heterocycles. The molecule has 2 unspecified atom stereocenters. The topological polar surface area (TPSA) is 93.1 Å².